The van der Waals surface area contributed by atoms with E-state index in [9.17, 15) is 0 Å². The molecule has 0 atom stereocenters. The smallest absolute Gasteiger partial charge is 0.223 e. The molecule has 2 aromatic rings. The second kappa shape index (κ2) is 5.71. The fourth-order valence-corrected chi connectivity index (χ4v) is 1.66. The maximum absolute atomic E-state index is 5.58. The first kappa shape index (κ1) is 13.4. The summed E-state index contributed by atoms with van der Waals surface area (Å²) in [5, 5.41) is 3.14. The third-order valence-electron chi connectivity index (χ3n) is 2.53. The molecule has 5 nitrogen and oxygen atoms in total. The van der Waals surface area contributed by atoms with Gasteiger partial charge in [0.05, 0.1) is 0 Å². The van der Waals surface area contributed by atoms with Gasteiger partial charge >= 0.3 is 0 Å². The number of aromatic nitrogens is 3. The molecule has 2 rings (SSSR count). The van der Waals surface area contributed by atoms with Crippen molar-refractivity contribution in [1.82, 2.24) is 15.0 Å². The molecule has 6 heteroatoms. The zero-order valence-corrected chi connectivity index (χ0v) is 11.7. The van der Waals surface area contributed by atoms with Crippen LogP contribution in [0.1, 0.15) is 22.6 Å². The number of pyridine rings is 1. The van der Waals surface area contributed by atoms with Crippen molar-refractivity contribution < 1.29 is 0 Å². The maximum atomic E-state index is 5.58. The maximum Gasteiger partial charge on any atom is 0.223 e. The lowest BCUT2D eigenvalue weighted by atomic mass is 10.2. The van der Waals surface area contributed by atoms with E-state index in [0.29, 0.717) is 18.2 Å². The number of nitrogens with zero attached hydrogens (tertiary/aromatic N) is 3. The molecule has 2 heterocycles. The predicted octanol–water partition coefficient (Wildman–Crippen LogP) is 1.73. The van der Waals surface area contributed by atoms with Gasteiger partial charge in [-0.05, 0) is 31.5 Å². The first-order valence-electron chi connectivity index (χ1n) is 5.85. The second-order valence-electron chi connectivity index (χ2n) is 4.24. The molecular formula is C13H15N5S. The monoisotopic (exact) mass is 273 g/mol. The highest BCUT2D eigenvalue weighted by molar-refractivity contribution is 7.80. The number of rotatable bonds is 4. The second-order valence-corrected chi connectivity index (χ2v) is 4.68. The summed E-state index contributed by atoms with van der Waals surface area (Å²) in [4.78, 5) is 13.1. The third kappa shape index (κ3) is 3.69. The molecule has 0 aromatic carbocycles. The van der Waals surface area contributed by atoms with E-state index in [4.69, 9.17) is 18.0 Å². The SMILES string of the molecule is Cc1ccc(CNc2nc(C)cc(C(N)=S)n2)cn1. The van der Waals surface area contributed by atoms with Crippen LogP contribution >= 0.6 is 12.2 Å². The van der Waals surface area contributed by atoms with Gasteiger partial charge in [-0.15, -0.1) is 0 Å². The molecule has 3 N–H and O–H groups in total. The van der Waals surface area contributed by atoms with Crippen molar-refractivity contribution in [2.45, 2.75) is 20.4 Å². The minimum absolute atomic E-state index is 0.269. The number of nitrogens with two attached hydrogens (primary N) is 1. The van der Waals surface area contributed by atoms with Crippen LogP contribution in [0.4, 0.5) is 5.95 Å². The highest BCUT2D eigenvalue weighted by atomic mass is 32.1. The Morgan fingerprint density at radius 2 is 2.05 bits per heavy atom. The molecule has 2 aromatic heterocycles. The normalized spacial score (nSPS) is 10.2. The molecule has 0 fully saturated rings. The predicted molar refractivity (Wildman–Crippen MR) is 79.0 cm³/mol. The van der Waals surface area contributed by atoms with Gasteiger partial charge in [0.25, 0.3) is 0 Å². The van der Waals surface area contributed by atoms with E-state index in [1.54, 1.807) is 6.07 Å². The van der Waals surface area contributed by atoms with E-state index in [2.05, 4.69) is 20.3 Å². The van der Waals surface area contributed by atoms with Crippen molar-refractivity contribution in [3.05, 3.63) is 47.0 Å². The molecule has 0 spiro atoms. The van der Waals surface area contributed by atoms with Crippen LogP contribution in [0.15, 0.2) is 24.4 Å². The Morgan fingerprint density at radius 3 is 2.68 bits per heavy atom. The molecular weight excluding hydrogens is 258 g/mol. The van der Waals surface area contributed by atoms with Gasteiger partial charge in [-0.2, -0.15) is 0 Å². The molecule has 0 aliphatic rings. The van der Waals surface area contributed by atoms with Gasteiger partial charge < -0.3 is 11.1 Å². The topological polar surface area (TPSA) is 76.7 Å². The summed E-state index contributed by atoms with van der Waals surface area (Å²) < 4.78 is 0. The molecule has 0 aliphatic heterocycles. The van der Waals surface area contributed by atoms with Crippen LogP contribution in [0.5, 0.6) is 0 Å². The molecule has 0 aliphatic carbocycles. The molecule has 19 heavy (non-hydrogen) atoms. The van der Waals surface area contributed by atoms with Crippen LogP contribution in [-0.2, 0) is 6.54 Å². The van der Waals surface area contributed by atoms with E-state index in [-0.39, 0.29) is 4.99 Å². The Kier molecular flexibility index (Phi) is 4.01. The summed E-state index contributed by atoms with van der Waals surface area (Å²) in [5.74, 6) is 0.517. The molecule has 0 saturated carbocycles. The van der Waals surface area contributed by atoms with Crippen molar-refractivity contribution >= 4 is 23.2 Å². The lowest BCUT2D eigenvalue weighted by Crippen LogP contribution is -2.14. The van der Waals surface area contributed by atoms with Gasteiger partial charge in [-0.1, -0.05) is 18.3 Å². The Balaban J connectivity index is 2.11. The van der Waals surface area contributed by atoms with Crippen LogP contribution in [0.2, 0.25) is 0 Å². The average Bonchev–Trinajstić information content (AvgIpc) is 2.37. The van der Waals surface area contributed by atoms with E-state index in [0.717, 1.165) is 17.0 Å². The summed E-state index contributed by atoms with van der Waals surface area (Å²) in [6.07, 6.45) is 1.83. The number of hydrogen-bond acceptors (Lipinski definition) is 5. The first-order chi connectivity index (χ1) is 9.04. The quantitative estimate of drug-likeness (QED) is 0.826. The lowest BCUT2D eigenvalue weighted by Gasteiger charge is -2.07. The minimum atomic E-state index is 0.269. The van der Waals surface area contributed by atoms with Crippen LogP contribution < -0.4 is 11.1 Å². The number of anilines is 1. The van der Waals surface area contributed by atoms with Crippen molar-refractivity contribution in [2.75, 3.05) is 5.32 Å². The Labute approximate surface area is 117 Å². The van der Waals surface area contributed by atoms with Gasteiger partial charge in [-0.3, -0.25) is 4.98 Å². The van der Waals surface area contributed by atoms with Gasteiger partial charge in [0.1, 0.15) is 10.7 Å². The largest absolute Gasteiger partial charge is 0.388 e. The molecule has 0 radical (unpaired) electrons. The van der Waals surface area contributed by atoms with Crippen molar-refractivity contribution in [3.8, 4) is 0 Å². The van der Waals surface area contributed by atoms with Gasteiger partial charge in [0.15, 0.2) is 0 Å². The molecule has 0 amide bonds. The zero-order chi connectivity index (χ0) is 13.8. The van der Waals surface area contributed by atoms with Crippen molar-refractivity contribution in [1.29, 1.82) is 0 Å². The van der Waals surface area contributed by atoms with Gasteiger partial charge in [0, 0.05) is 24.1 Å². The zero-order valence-electron chi connectivity index (χ0n) is 10.8. The summed E-state index contributed by atoms with van der Waals surface area (Å²) in [6.45, 7) is 4.44. The molecule has 0 saturated heterocycles. The number of nitrogens with one attached hydrogen (secondary N) is 1. The van der Waals surface area contributed by atoms with Crippen molar-refractivity contribution in [3.63, 3.8) is 0 Å². The fourth-order valence-electron chi connectivity index (χ4n) is 1.56. The first-order valence-corrected chi connectivity index (χ1v) is 6.26. The number of aryl methyl sites for hydroxylation is 2. The Bertz CT molecular complexity index is 594. The van der Waals surface area contributed by atoms with Crippen LogP contribution in [0.3, 0.4) is 0 Å². The van der Waals surface area contributed by atoms with Crippen LogP contribution in [0, 0.1) is 13.8 Å². The Morgan fingerprint density at radius 1 is 1.26 bits per heavy atom. The summed E-state index contributed by atoms with van der Waals surface area (Å²) in [5.41, 5.74) is 9.03. The van der Waals surface area contributed by atoms with Gasteiger partial charge in [0.2, 0.25) is 5.95 Å². The van der Waals surface area contributed by atoms with E-state index >= 15 is 0 Å². The minimum Gasteiger partial charge on any atom is -0.388 e. The average molecular weight is 273 g/mol. The number of hydrogen-bond donors (Lipinski definition) is 2. The van der Waals surface area contributed by atoms with Crippen LogP contribution in [0.25, 0.3) is 0 Å². The molecule has 98 valence electrons. The van der Waals surface area contributed by atoms with E-state index in [1.807, 2.05) is 32.2 Å². The summed E-state index contributed by atoms with van der Waals surface area (Å²) in [6, 6.07) is 5.75. The highest BCUT2D eigenvalue weighted by Gasteiger charge is 2.04. The fraction of sp³-hybridized carbons (Fsp3) is 0.231. The van der Waals surface area contributed by atoms with Gasteiger partial charge in [-0.25, -0.2) is 9.97 Å². The summed E-state index contributed by atoms with van der Waals surface area (Å²) >= 11 is 4.92. The van der Waals surface area contributed by atoms with E-state index in [1.165, 1.54) is 0 Å². The third-order valence-corrected chi connectivity index (χ3v) is 2.74. The molecule has 0 bridgehead atoms. The number of thiocarbonyl (C=S) groups is 1. The summed E-state index contributed by atoms with van der Waals surface area (Å²) in [7, 11) is 0. The van der Waals surface area contributed by atoms with Crippen LogP contribution in [-0.4, -0.2) is 19.9 Å². The highest BCUT2D eigenvalue weighted by Crippen LogP contribution is 2.07. The van der Waals surface area contributed by atoms with Crippen molar-refractivity contribution in [2.24, 2.45) is 5.73 Å². The Hall–Kier alpha value is -2.08. The van der Waals surface area contributed by atoms with E-state index < -0.39 is 0 Å². The molecule has 0 unspecified atom stereocenters. The standard InChI is InChI=1S/C13H15N5S/c1-8-3-4-10(6-15-8)7-16-13-17-9(2)5-11(18-13)12(14)19/h3-6H,7H2,1-2H3,(H2,14,19)(H,16,17,18). The lowest BCUT2D eigenvalue weighted by molar-refractivity contribution is 1.01.